The highest BCUT2D eigenvalue weighted by atomic mass is 32.2. The summed E-state index contributed by atoms with van der Waals surface area (Å²) in [4.78, 5) is 41.8. The van der Waals surface area contributed by atoms with Crippen LogP contribution in [0, 0.1) is 0 Å². The molecule has 2 heterocycles. The Hall–Kier alpha value is -2.14. The van der Waals surface area contributed by atoms with Crippen LogP contribution < -0.4 is 5.32 Å². The Morgan fingerprint density at radius 2 is 2.24 bits per heavy atom. The SMILES string of the molecule is CC(=O)OCC1=C(C(=O)O)N2C(=O)[C@H](NC(=S)N=CN(C)C)[C@@H]2SC1. The predicted octanol–water partition coefficient (Wildman–Crippen LogP) is -0.364. The maximum absolute atomic E-state index is 12.4. The van der Waals surface area contributed by atoms with Gasteiger partial charge in [-0.25, -0.2) is 9.79 Å². The summed E-state index contributed by atoms with van der Waals surface area (Å²) in [7, 11) is 3.57. The van der Waals surface area contributed by atoms with Crippen LogP contribution in [0.5, 0.6) is 0 Å². The number of ether oxygens (including phenoxy) is 1. The van der Waals surface area contributed by atoms with Crippen LogP contribution in [0.2, 0.25) is 0 Å². The van der Waals surface area contributed by atoms with Crippen LogP contribution in [0.1, 0.15) is 6.92 Å². The molecule has 2 N–H and O–H groups in total. The third-order valence-electron chi connectivity index (χ3n) is 3.38. The number of nitrogens with one attached hydrogen (secondary N) is 1. The fraction of sp³-hybridized carbons (Fsp3) is 0.500. The summed E-state index contributed by atoms with van der Waals surface area (Å²) < 4.78 is 4.88. The lowest BCUT2D eigenvalue weighted by atomic mass is 10.0. The smallest absolute Gasteiger partial charge is 0.352 e. The number of hydrogen-bond acceptors (Lipinski definition) is 6. The molecule has 0 aromatic carbocycles. The van der Waals surface area contributed by atoms with E-state index in [0.29, 0.717) is 11.3 Å². The molecule has 0 bridgehead atoms. The van der Waals surface area contributed by atoms with E-state index in [1.165, 1.54) is 29.9 Å². The van der Waals surface area contributed by atoms with E-state index in [9.17, 15) is 19.5 Å². The molecule has 0 aliphatic carbocycles. The quantitative estimate of drug-likeness (QED) is 0.215. The Morgan fingerprint density at radius 3 is 2.80 bits per heavy atom. The van der Waals surface area contributed by atoms with Gasteiger partial charge in [0.15, 0.2) is 5.11 Å². The zero-order valence-electron chi connectivity index (χ0n) is 13.9. The van der Waals surface area contributed by atoms with Crippen molar-refractivity contribution in [2.75, 3.05) is 26.5 Å². The maximum atomic E-state index is 12.4. The van der Waals surface area contributed by atoms with Crippen LogP contribution >= 0.6 is 24.0 Å². The molecule has 9 nitrogen and oxygen atoms in total. The van der Waals surface area contributed by atoms with Crippen LogP contribution in [0.3, 0.4) is 0 Å². The van der Waals surface area contributed by atoms with Gasteiger partial charge in [-0.15, -0.1) is 11.8 Å². The van der Waals surface area contributed by atoms with Crippen molar-refractivity contribution in [3.8, 4) is 0 Å². The van der Waals surface area contributed by atoms with Crippen molar-refractivity contribution in [2.45, 2.75) is 18.3 Å². The molecular weight excluding hydrogens is 368 g/mol. The number of rotatable bonds is 5. The first-order chi connectivity index (χ1) is 11.7. The predicted molar refractivity (Wildman–Crippen MR) is 96.1 cm³/mol. The molecule has 0 spiro atoms. The van der Waals surface area contributed by atoms with E-state index < -0.39 is 29.3 Å². The van der Waals surface area contributed by atoms with E-state index in [2.05, 4.69) is 10.3 Å². The van der Waals surface area contributed by atoms with E-state index in [-0.39, 0.29) is 17.4 Å². The van der Waals surface area contributed by atoms with Crippen LogP contribution in [-0.4, -0.2) is 82.1 Å². The van der Waals surface area contributed by atoms with Gasteiger partial charge < -0.3 is 20.1 Å². The van der Waals surface area contributed by atoms with Gasteiger partial charge in [-0.1, -0.05) is 0 Å². The molecular formula is C14H18N4O5S2. The van der Waals surface area contributed by atoms with Gasteiger partial charge in [0.25, 0.3) is 5.91 Å². The van der Waals surface area contributed by atoms with E-state index in [4.69, 9.17) is 17.0 Å². The Morgan fingerprint density at radius 1 is 1.56 bits per heavy atom. The normalized spacial score (nSPS) is 22.4. The lowest BCUT2D eigenvalue weighted by molar-refractivity contribution is -0.148. The first kappa shape index (κ1) is 19.2. The molecule has 1 amide bonds. The zero-order chi connectivity index (χ0) is 18.7. The molecule has 2 aliphatic heterocycles. The molecule has 0 unspecified atom stereocenters. The molecule has 0 aromatic heterocycles. The molecule has 0 saturated carbocycles. The number of β-lactam (4-membered cyclic amide) rings is 1. The average Bonchev–Trinajstić information content (AvgIpc) is 2.54. The largest absolute Gasteiger partial charge is 0.477 e. The molecule has 1 saturated heterocycles. The minimum atomic E-state index is -1.23. The monoisotopic (exact) mass is 386 g/mol. The Kier molecular flexibility index (Phi) is 6.01. The molecule has 11 heteroatoms. The molecule has 2 rings (SSSR count). The summed E-state index contributed by atoms with van der Waals surface area (Å²) in [6, 6.07) is -0.638. The van der Waals surface area contributed by atoms with E-state index in [1.807, 2.05) is 0 Å². The number of aliphatic imine (C=N–C) groups is 1. The maximum Gasteiger partial charge on any atom is 0.352 e. The molecule has 1 fully saturated rings. The van der Waals surface area contributed by atoms with Gasteiger partial charge in [0, 0.05) is 32.3 Å². The van der Waals surface area contributed by atoms with Crippen LogP contribution in [0.25, 0.3) is 0 Å². The van der Waals surface area contributed by atoms with Crippen LogP contribution in [0.15, 0.2) is 16.3 Å². The Balaban J connectivity index is 2.12. The number of aliphatic carboxylic acids is 1. The first-order valence-corrected chi connectivity index (χ1v) is 8.72. The summed E-state index contributed by atoms with van der Waals surface area (Å²) >= 11 is 6.45. The topological polar surface area (TPSA) is 112 Å². The first-order valence-electron chi connectivity index (χ1n) is 7.26. The van der Waals surface area contributed by atoms with Crippen molar-refractivity contribution >= 4 is 53.3 Å². The summed E-state index contributed by atoms with van der Waals surface area (Å²) in [6.07, 6.45) is 1.50. The van der Waals surface area contributed by atoms with Crippen molar-refractivity contribution in [2.24, 2.45) is 4.99 Å². The molecule has 136 valence electrons. The third-order valence-corrected chi connectivity index (χ3v) is 4.95. The van der Waals surface area contributed by atoms with Crippen molar-refractivity contribution in [1.29, 1.82) is 0 Å². The lowest BCUT2D eigenvalue weighted by Crippen LogP contribution is -2.70. The van der Waals surface area contributed by atoms with Gasteiger partial charge in [-0.2, -0.15) is 0 Å². The van der Waals surface area contributed by atoms with Crippen LogP contribution in [-0.2, 0) is 19.1 Å². The second-order valence-electron chi connectivity index (χ2n) is 5.58. The number of fused-ring (bicyclic) bond motifs is 1. The molecule has 0 aromatic rings. The van der Waals surface area contributed by atoms with E-state index in [0.717, 1.165) is 0 Å². The molecule has 0 radical (unpaired) electrons. The fourth-order valence-electron chi connectivity index (χ4n) is 2.32. The molecule has 2 atom stereocenters. The van der Waals surface area contributed by atoms with Crippen molar-refractivity contribution < 1.29 is 24.2 Å². The fourth-order valence-corrected chi connectivity index (χ4v) is 3.82. The van der Waals surface area contributed by atoms with Crippen molar-refractivity contribution in [1.82, 2.24) is 15.1 Å². The zero-order valence-corrected chi connectivity index (χ0v) is 15.5. The van der Waals surface area contributed by atoms with Gasteiger partial charge in [0.05, 0.1) is 6.34 Å². The number of thiocarbonyl (C=S) groups is 1. The second-order valence-corrected chi connectivity index (χ2v) is 7.07. The van der Waals surface area contributed by atoms with Crippen molar-refractivity contribution in [3.05, 3.63) is 11.3 Å². The number of nitrogens with zero attached hydrogens (tertiary/aromatic N) is 3. The van der Waals surface area contributed by atoms with Gasteiger partial charge >= 0.3 is 11.9 Å². The van der Waals surface area contributed by atoms with Crippen molar-refractivity contribution in [3.63, 3.8) is 0 Å². The minimum Gasteiger partial charge on any atom is -0.477 e. The Labute approximate surface area is 154 Å². The second kappa shape index (κ2) is 7.83. The average molecular weight is 386 g/mol. The number of esters is 1. The molecule has 2 aliphatic rings. The molecule has 25 heavy (non-hydrogen) atoms. The standard InChI is InChI=1S/C14H18N4O5S2/c1-7(19)23-4-8-5-25-12-9(16-14(24)15-6-17(2)3)11(20)18(12)10(8)13(21)22/h6,9,12H,4-5H2,1-3H3,(H,16,24)(H,21,22)/t9-,12-/m0/s1. The van der Waals surface area contributed by atoms with Crippen LogP contribution in [0.4, 0.5) is 0 Å². The summed E-state index contributed by atoms with van der Waals surface area (Å²) in [5.74, 6) is -1.80. The highest BCUT2D eigenvalue weighted by molar-refractivity contribution is 8.00. The number of carboxylic acids is 1. The number of amides is 1. The summed E-state index contributed by atoms with van der Waals surface area (Å²) in [6.45, 7) is 1.09. The van der Waals surface area contributed by atoms with Gasteiger partial charge in [-0.3, -0.25) is 14.5 Å². The summed E-state index contributed by atoms with van der Waals surface area (Å²) in [5, 5.41) is 12.0. The highest BCUT2D eigenvalue weighted by Gasteiger charge is 2.53. The minimum absolute atomic E-state index is 0.129. The number of thioether (sulfide) groups is 1. The lowest BCUT2D eigenvalue weighted by Gasteiger charge is -2.49. The number of carboxylic acid groups (broad SMARTS) is 1. The Bertz CT molecular complexity index is 676. The number of carbonyl (C=O) groups is 3. The van der Waals surface area contributed by atoms with Gasteiger partial charge in [0.2, 0.25) is 0 Å². The van der Waals surface area contributed by atoms with Gasteiger partial charge in [-0.05, 0) is 12.2 Å². The van der Waals surface area contributed by atoms with Gasteiger partial charge in [0.1, 0.15) is 23.7 Å². The number of carbonyl (C=O) groups excluding carboxylic acids is 2. The summed E-state index contributed by atoms with van der Waals surface area (Å²) in [5.41, 5.74) is 0.264. The van der Waals surface area contributed by atoms with E-state index >= 15 is 0 Å². The number of hydrogen-bond donors (Lipinski definition) is 2. The third kappa shape index (κ3) is 4.28. The highest BCUT2D eigenvalue weighted by Crippen LogP contribution is 2.40. The van der Waals surface area contributed by atoms with E-state index in [1.54, 1.807) is 19.0 Å².